The van der Waals surface area contributed by atoms with Gasteiger partial charge in [-0.3, -0.25) is 0 Å². The van der Waals surface area contributed by atoms with E-state index >= 15 is 0 Å². The van der Waals surface area contributed by atoms with E-state index < -0.39 is 0 Å². The van der Waals surface area contributed by atoms with E-state index in [0.717, 1.165) is 36.4 Å². The third-order valence-corrected chi connectivity index (χ3v) is 3.86. The van der Waals surface area contributed by atoms with Crippen molar-refractivity contribution in [3.8, 4) is 5.69 Å². The third-order valence-electron chi connectivity index (χ3n) is 3.86. The number of hydrogen-bond donors (Lipinski definition) is 1. The second-order valence-corrected chi connectivity index (χ2v) is 6.20. The van der Waals surface area contributed by atoms with Crippen molar-refractivity contribution in [3.63, 3.8) is 0 Å². The fourth-order valence-corrected chi connectivity index (χ4v) is 2.86. The van der Waals surface area contributed by atoms with Crippen molar-refractivity contribution in [1.82, 2.24) is 20.2 Å². The standard InChI is InChI=1S/C15H21N5O/c1-11-8-12(4-5-14(11)20-10-16-18-19-20)17-13-6-7-21-15(2,3)9-13/h4-5,8,10,13,17H,6-7,9H2,1-3H3. The van der Waals surface area contributed by atoms with Crippen LogP contribution < -0.4 is 5.32 Å². The van der Waals surface area contributed by atoms with Crippen LogP contribution in [0.4, 0.5) is 5.69 Å². The quantitative estimate of drug-likeness (QED) is 0.938. The number of aryl methyl sites for hydroxylation is 1. The number of benzene rings is 1. The molecule has 1 aromatic heterocycles. The highest BCUT2D eigenvalue weighted by molar-refractivity contribution is 5.53. The summed E-state index contributed by atoms with van der Waals surface area (Å²) in [5.41, 5.74) is 3.22. The van der Waals surface area contributed by atoms with E-state index in [9.17, 15) is 0 Å². The molecule has 6 heteroatoms. The maximum atomic E-state index is 5.76. The van der Waals surface area contributed by atoms with Gasteiger partial charge in [0.15, 0.2) is 0 Å². The molecule has 0 spiro atoms. The highest BCUT2D eigenvalue weighted by Crippen LogP contribution is 2.27. The molecule has 1 aliphatic heterocycles. The summed E-state index contributed by atoms with van der Waals surface area (Å²) in [5.74, 6) is 0. The number of rotatable bonds is 3. The lowest BCUT2D eigenvalue weighted by Gasteiger charge is -2.36. The maximum absolute atomic E-state index is 5.76. The summed E-state index contributed by atoms with van der Waals surface area (Å²) < 4.78 is 7.44. The van der Waals surface area contributed by atoms with Crippen molar-refractivity contribution >= 4 is 5.69 Å². The highest BCUT2D eigenvalue weighted by atomic mass is 16.5. The van der Waals surface area contributed by atoms with E-state index in [2.05, 4.69) is 53.7 Å². The average Bonchev–Trinajstić information content (AvgIpc) is 2.91. The molecule has 2 heterocycles. The summed E-state index contributed by atoms with van der Waals surface area (Å²) in [6.07, 6.45) is 3.66. The van der Waals surface area contributed by atoms with Gasteiger partial charge < -0.3 is 10.1 Å². The van der Waals surface area contributed by atoms with Gasteiger partial charge in [-0.2, -0.15) is 0 Å². The zero-order valence-electron chi connectivity index (χ0n) is 12.7. The first kappa shape index (κ1) is 14.0. The minimum Gasteiger partial charge on any atom is -0.382 e. The van der Waals surface area contributed by atoms with Crippen molar-refractivity contribution in [1.29, 1.82) is 0 Å². The predicted octanol–water partition coefficient (Wildman–Crippen LogP) is 2.34. The minimum absolute atomic E-state index is 0.0443. The molecule has 1 aliphatic rings. The monoisotopic (exact) mass is 287 g/mol. The van der Waals surface area contributed by atoms with Gasteiger partial charge in [0.25, 0.3) is 0 Å². The molecule has 0 aliphatic carbocycles. The largest absolute Gasteiger partial charge is 0.382 e. The molecule has 1 unspecified atom stereocenters. The molecule has 1 N–H and O–H groups in total. The minimum atomic E-state index is -0.0443. The van der Waals surface area contributed by atoms with Crippen LogP contribution in [0.15, 0.2) is 24.5 Å². The summed E-state index contributed by atoms with van der Waals surface area (Å²) in [6.45, 7) is 7.17. The molecule has 1 atom stereocenters. The topological polar surface area (TPSA) is 64.9 Å². The third kappa shape index (κ3) is 3.21. The Kier molecular flexibility index (Phi) is 3.63. The average molecular weight is 287 g/mol. The van der Waals surface area contributed by atoms with Crippen molar-refractivity contribution in [2.45, 2.75) is 45.3 Å². The van der Waals surface area contributed by atoms with E-state index in [-0.39, 0.29) is 5.60 Å². The molecule has 112 valence electrons. The zero-order valence-corrected chi connectivity index (χ0v) is 12.7. The first-order chi connectivity index (χ1) is 10.0. The van der Waals surface area contributed by atoms with Gasteiger partial charge in [-0.25, -0.2) is 4.68 Å². The Balaban J connectivity index is 1.74. The molecule has 2 aromatic rings. The SMILES string of the molecule is Cc1cc(NC2CCOC(C)(C)C2)ccc1-n1cnnn1. The first-order valence-electron chi connectivity index (χ1n) is 7.28. The Hall–Kier alpha value is -1.95. The van der Waals surface area contributed by atoms with Crippen LogP contribution in [0.25, 0.3) is 5.69 Å². The summed E-state index contributed by atoms with van der Waals surface area (Å²) in [5, 5.41) is 14.9. The molecule has 3 rings (SSSR count). The predicted molar refractivity (Wildman–Crippen MR) is 80.6 cm³/mol. The molecule has 6 nitrogen and oxygen atoms in total. The second kappa shape index (κ2) is 5.44. The van der Waals surface area contributed by atoms with Crippen molar-refractivity contribution in [2.24, 2.45) is 0 Å². The molecular formula is C15H21N5O. The highest BCUT2D eigenvalue weighted by Gasteiger charge is 2.28. The molecular weight excluding hydrogens is 266 g/mol. The zero-order chi connectivity index (χ0) is 14.9. The van der Waals surface area contributed by atoms with E-state index in [1.165, 1.54) is 0 Å². The van der Waals surface area contributed by atoms with Crippen LogP contribution in [-0.4, -0.2) is 38.5 Å². The Bertz CT molecular complexity index is 609. The van der Waals surface area contributed by atoms with E-state index in [0.29, 0.717) is 6.04 Å². The van der Waals surface area contributed by atoms with E-state index in [4.69, 9.17) is 4.74 Å². The van der Waals surface area contributed by atoms with Gasteiger partial charge in [0, 0.05) is 18.3 Å². The molecule has 0 bridgehead atoms. The number of nitrogens with one attached hydrogen (secondary N) is 1. The molecule has 1 saturated heterocycles. The fourth-order valence-electron chi connectivity index (χ4n) is 2.86. The lowest BCUT2D eigenvalue weighted by Crippen LogP contribution is -2.40. The molecule has 21 heavy (non-hydrogen) atoms. The fraction of sp³-hybridized carbons (Fsp3) is 0.533. The van der Waals surface area contributed by atoms with Gasteiger partial charge >= 0.3 is 0 Å². The first-order valence-corrected chi connectivity index (χ1v) is 7.28. The van der Waals surface area contributed by atoms with Crippen LogP contribution >= 0.6 is 0 Å². The van der Waals surface area contributed by atoms with Gasteiger partial charge in [0.05, 0.1) is 11.3 Å². The van der Waals surface area contributed by atoms with Crippen LogP contribution in [-0.2, 0) is 4.74 Å². The van der Waals surface area contributed by atoms with Crippen LogP contribution in [0, 0.1) is 6.92 Å². The molecule has 0 saturated carbocycles. The Morgan fingerprint density at radius 3 is 2.90 bits per heavy atom. The molecule has 0 radical (unpaired) electrons. The molecule has 0 amide bonds. The van der Waals surface area contributed by atoms with Crippen LogP contribution in [0.3, 0.4) is 0 Å². The Morgan fingerprint density at radius 1 is 1.38 bits per heavy atom. The van der Waals surface area contributed by atoms with E-state index in [1.807, 2.05) is 6.07 Å². The van der Waals surface area contributed by atoms with Crippen molar-refractivity contribution in [2.75, 3.05) is 11.9 Å². The number of anilines is 1. The van der Waals surface area contributed by atoms with Gasteiger partial charge in [-0.1, -0.05) is 0 Å². The summed E-state index contributed by atoms with van der Waals surface area (Å²) in [6, 6.07) is 6.71. The Morgan fingerprint density at radius 2 is 2.24 bits per heavy atom. The van der Waals surface area contributed by atoms with Gasteiger partial charge in [-0.15, -0.1) is 5.10 Å². The number of hydrogen-bond acceptors (Lipinski definition) is 5. The number of nitrogens with zero attached hydrogens (tertiary/aromatic N) is 4. The Labute approximate surface area is 124 Å². The van der Waals surface area contributed by atoms with Crippen molar-refractivity contribution < 1.29 is 4.74 Å². The maximum Gasteiger partial charge on any atom is 0.143 e. The van der Waals surface area contributed by atoms with Gasteiger partial charge in [-0.05, 0) is 67.8 Å². The summed E-state index contributed by atoms with van der Waals surface area (Å²) >= 11 is 0. The van der Waals surface area contributed by atoms with Gasteiger partial charge in [0.1, 0.15) is 6.33 Å². The van der Waals surface area contributed by atoms with Crippen LogP contribution in [0.1, 0.15) is 32.3 Å². The van der Waals surface area contributed by atoms with Crippen LogP contribution in [0.5, 0.6) is 0 Å². The lowest BCUT2D eigenvalue weighted by atomic mass is 9.93. The lowest BCUT2D eigenvalue weighted by molar-refractivity contribution is -0.0553. The molecule has 1 aromatic carbocycles. The molecule has 1 fully saturated rings. The van der Waals surface area contributed by atoms with Crippen molar-refractivity contribution in [3.05, 3.63) is 30.1 Å². The number of aromatic nitrogens is 4. The normalized spacial score (nSPS) is 21.2. The van der Waals surface area contributed by atoms with E-state index in [1.54, 1.807) is 11.0 Å². The summed E-state index contributed by atoms with van der Waals surface area (Å²) in [7, 11) is 0. The van der Waals surface area contributed by atoms with Gasteiger partial charge in [0.2, 0.25) is 0 Å². The smallest absolute Gasteiger partial charge is 0.143 e. The summed E-state index contributed by atoms with van der Waals surface area (Å²) in [4.78, 5) is 0. The second-order valence-electron chi connectivity index (χ2n) is 6.20. The van der Waals surface area contributed by atoms with Crippen LogP contribution in [0.2, 0.25) is 0 Å². The number of ether oxygens (including phenoxy) is 1. The number of tetrazole rings is 1.